The molecule has 0 radical (unpaired) electrons. The molecule has 1 amide bonds. The van der Waals surface area contributed by atoms with Crippen molar-refractivity contribution in [1.82, 2.24) is 4.90 Å². The van der Waals surface area contributed by atoms with Crippen molar-refractivity contribution in [2.75, 3.05) is 20.2 Å². The second-order valence-corrected chi connectivity index (χ2v) is 4.44. The zero-order valence-corrected chi connectivity index (χ0v) is 11.0. The van der Waals surface area contributed by atoms with Crippen LogP contribution in [-0.4, -0.2) is 43.2 Å². The Morgan fingerprint density at radius 3 is 2.75 bits per heavy atom. The zero-order chi connectivity index (χ0) is 11.3. The molecule has 0 aromatic carbocycles. The highest BCUT2D eigenvalue weighted by molar-refractivity contribution is 5.85. The van der Waals surface area contributed by atoms with E-state index in [2.05, 4.69) is 0 Å². The van der Waals surface area contributed by atoms with E-state index in [0.29, 0.717) is 13.0 Å². The molecule has 16 heavy (non-hydrogen) atoms. The molecule has 2 unspecified atom stereocenters. The van der Waals surface area contributed by atoms with Crippen molar-refractivity contribution >= 4 is 18.3 Å². The van der Waals surface area contributed by atoms with Crippen LogP contribution < -0.4 is 5.73 Å². The highest BCUT2D eigenvalue weighted by Crippen LogP contribution is 2.13. The molecule has 1 aliphatic rings. The molecule has 0 saturated carbocycles. The number of likely N-dealkylation sites (N-methyl/N-ethyl adjacent to an activating group) is 1. The zero-order valence-electron chi connectivity index (χ0n) is 10.1. The summed E-state index contributed by atoms with van der Waals surface area (Å²) in [6.45, 7) is 3.38. The van der Waals surface area contributed by atoms with E-state index < -0.39 is 0 Å². The predicted octanol–water partition coefficient (Wildman–Crippen LogP) is 1.17. The summed E-state index contributed by atoms with van der Waals surface area (Å²) in [5.41, 5.74) is 5.59. The van der Waals surface area contributed by atoms with Gasteiger partial charge in [0.2, 0.25) is 5.91 Å². The molecular formula is C11H23ClN2O2. The van der Waals surface area contributed by atoms with Crippen molar-refractivity contribution in [3.8, 4) is 0 Å². The number of carbonyl (C=O) groups excluding carboxylic acids is 1. The summed E-state index contributed by atoms with van der Waals surface area (Å²) in [6.07, 6.45) is 4.06. The SMILES string of the molecule is CC(N)CC(=O)N(C)CC1CCCCO1.Cl. The van der Waals surface area contributed by atoms with E-state index in [-0.39, 0.29) is 30.5 Å². The Morgan fingerprint density at radius 2 is 2.25 bits per heavy atom. The highest BCUT2D eigenvalue weighted by Gasteiger charge is 2.19. The molecule has 1 fully saturated rings. The molecule has 2 atom stereocenters. The Labute approximate surface area is 104 Å². The van der Waals surface area contributed by atoms with Gasteiger partial charge in [0, 0.05) is 32.7 Å². The van der Waals surface area contributed by atoms with Crippen LogP contribution in [0.15, 0.2) is 0 Å². The average molecular weight is 251 g/mol. The molecular weight excluding hydrogens is 228 g/mol. The molecule has 96 valence electrons. The lowest BCUT2D eigenvalue weighted by molar-refractivity contribution is -0.132. The summed E-state index contributed by atoms with van der Waals surface area (Å²) >= 11 is 0. The standard InChI is InChI=1S/C11H22N2O2.ClH/c1-9(12)7-11(14)13(2)8-10-5-3-4-6-15-10;/h9-10H,3-8,12H2,1-2H3;1H. The summed E-state index contributed by atoms with van der Waals surface area (Å²) in [5.74, 6) is 0.110. The first kappa shape index (κ1) is 15.7. The van der Waals surface area contributed by atoms with Gasteiger partial charge in [0.1, 0.15) is 0 Å². The van der Waals surface area contributed by atoms with Gasteiger partial charge < -0.3 is 15.4 Å². The number of nitrogens with two attached hydrogens (primary N) is 1. The van der Waals surface area contributed by atoms with E-state index in [4.69, 9.17) is 10.5 Å². The summed E-state index contributed by atoms with van der Waals surface area (Å²) in [7, 11) is 1.82. The number of rotatable bonds is 4. The molecule has 0 bridgehead atoms. The molecule has 5 heteroatoms. The van der Waals surface area contributed by atoms with Gasteiger partial charge in [-0.2, -0.15) is 0 Å². The van der Waals surface area contributed by atoms with Crippen LogP contribution in [0, 0.1) is 0 Å². The lowest BCUT2D eigenvalue weighted by atomic mass is 10.1. The van der Waals surface area contributed by atoms with Crippen molar-refractivity contribution < 1.29 is 9.53 Å². The maximum atomic E-state index is 11.6. The van der Waals surface area contributed by atoms with E-state index >= 15 is 0 Å². The lowest BCUT2D eigenvalue weighted by Crippen LogP contribution is -2.39. The maximum absolute atomic E-state index is 11.6. The second-order valence-electron chi connectivity index (χ2n) is 4.44. The number of halogens is 1. The van der Waals surface area contributed by atoms with Gasteiger partial charge in [-0.1, -0.05) is 0 Å². The molecule has 1 aliphatic heterocycles. The van der Waals surface area contributed by atoms with E-state index in [1.54, 1.807) is 4.90 Å². The number of amides is 1. The van der Waals surface area contributed by atoms with Gasteiger partial charge in [-0.3, -0.25) is 4.79 Å². The Bertz CT molecular complexity index is 206. The number of nitrogens with zero attached hydrogens (tertiary/aromatic N) is 1. The third kappa shape index (κ3) is 5.68. The first-order valence-electron chi connectivity index (χ1n) is 5.70. The minimum atomic E-state index is -0.0628. The lowest BCUT2D eigenvalue weighted by Gasteiger charge is -2.27. The Kier molecular flexibility index (Phi) is 7.72. The van der Waals surface area contributed by atoms with Crippen molar-refractivity contribution in [3.05, 3.63) is 0 Å². The van der Waals surface area contributed by atoms with E-state index in [1.165, 1.54) is 6.42 Å². The normalized spacial score (nSPS) is 22.1. The van der Waals surface area contributed by atoms with Crippen LogP contribution in [0.2, 0.25) is 0 Å². The van der Waals surface area contributed by atoms with Crippen LogP contribution in [0.3, 0.4) is 0 Å². The first-order chi connectivity index (χ1) is 7.09. The van der Waals surface area contributed by atoms with E-state index in [1.807, 2.05) is 14.0 Å². The molecule has 0 spiro atoms. The van der Waals surface area contributed by atoms with Gasteiger partial charge in [-0.05, 0) is 26.2 Å². The fraction of sp³-hybridized carbons (Fsp3) is 0.909. The Morgan fingerprint density at radius 1 is 1.56 bits per heavy atom. The van der Waals surface area contributed by atoms with Crippen LogP contribution in [0.4, 0.5) is 0 Å². The van der Waals surface area contributed by atoms with E-state index in [9.17, 15) is 4.79 Å². The van der Waals surface area contributed by atoms with Gasteiger partial charge in [-0.15, -0.1) is 12.4 Å². The Hall–Kier alpha value is -0.320. The van der Waals surface area contributed by atoms with Gasteiger partial charge in [0.05, 0.1) is 6.10 Å². The molecule has 0 aromatic rings. The largest absolute Gasteiger partial charge is 0.376 e. The monoisotopic (exact) mass is 250 g/mol. The Balaban J connectivity index is 0.00000225. The first-order valence-corrected chi connectivity index (χ1v) is 5.70. The third-order valence-electron chi connectivity index (χ3n) is 2.67. The molecule has 1 saturated heterocycles. The quantitative estimate of drug-likeness (QED) is 0.815. The summed E-state index contributed by atoms with van der Waals surface area (Å²) < 4.78 is 5.58. The predicted molar refractivity (Wildman–Crippen MR) is 66.7 cm³/mol. The van der Waals surface area contributed by atoms with Crippen molar-refractivity contribution in [2.45, 2.75) is 44.8 Å². The molecule has 0 aliphatic carbocycles. The van der Waals surface area contributed by atoms with Crippen LogP contribution in [0.25, 0.3) is 0 Å². The van der Waals surface area contributed by atoms with E-state index in [0.717, 1.165) is 19.4 Å². The molecule has 4 nitrogen and oxygen atoms in total. The molecule has 0 aromatic heterocycles. The smallest absolute Gasteiger partial charge is 0.223 e. The van der Waals surface area contributed by atoms with Gasteiger partial charge in [-0.25, -0.2) is 0 Å². The van der Waals surface area contributed by atoms with Gasteiger partial charge in [0.15, 0.2) is 0 Å². The summed E-state index contributed by atoms with van der Waals surface area (Å²) in [4.78, 5) is 13.4. The highest BCUT2D eigenvalue weighted by atomic mass is 35.5. The molecule has 1 rings (SSSR count). The maximum Gasteiger partial charge on any atom is 0.223 e. The topological polar surface area (TPSA) is 55.6 Å². The average Bonchev–Trinajstić information content (AvgIpc) is 2.18. The van der Waals surface area contributed by atoms with Crippen LogP contribution in [-0.2, 0) is 9.53 Å². The minimum absolute atomic E-state index is 0. The molecule has 2 N–H and O–H groups in total. The summed E-state index contributed by atoms with van der Waals surface area (Å²) in [5, 5.41) is 0. The van der Waals surface area contributed by atoms with Gasteiger partial charge >= 0.3 is 0 Å². The fourth-order valence-electron chi connectivity index (χ4n) is 1.79. The van der Waals surface area contributed by atoms with Crippen LogP contribution in [0.5, 0.6) is 0 Å². The van der Waals surface area contributed by atoms with Crippen LogP contribution >= 0.6 is 12.4 Å². The molecule has 1 heterocycles. The van der Waals surface area contributed by atoms with Crippen molar-refractivity contribution in [1.29, 1.82) is 0 Å². The number of carbonyl (C=O) groups is 1. The number of ether oxygens (including phenoxy) is 1. The third-order valence-corrected chi connectivity index (χ3v) is 2.67. The van der Waals surface area contributed by atoms with Gasteiger partial charge in [0.25, 0.3) is 0 Å². The minimum Gasteiger partial charge on any atom is -0.376 e. The van der Waals surface area contributed by atoms with Crippen LogP contribution in [0.1, 0.15) is 32.6 Å². The van der Waals surface area contributed by atoms with Crippen molar-refractivity contribution in [3.63, 3.8) is 0 Å². The van der Waals surface area contributed by atoms with Crippen molar-refractivity contribution in [2.24, 2.45) is 5.73 Å². The number of hydrogen-bond donors (Lipinski definition) is 1. The fourth-order valence-corrected chi connectivity index (χ4v) is 1.79. The second kappa shape index (κ2) is 7.87. The summed E-state index contributed by atoms with van der Waals surface area (Å²) in [6, 6.07) is -0.0628. The number of hydrogen-bond acceptors (Lipinski definition) is 3.